The van der Waals surface area contributed by atoms with Crippen LogP contribution in [0, 0.1) is 0 Å². The van der Waals surface area contributed by atoms with E-state index in [0.29, 0.717) is 5.56 Å². The van der Waals surface area contributed by atoms with Crippen LogP contribution in [0.5, 0.6) is 0 Å². The normalized spacial score (nSPS) is 15.7. The molecule has 0 aliphatic carbocycles. The van der Waals surface area contributed by atoms with Gasteiger partial charge in [0.25, 0.3) is 5.91 Å². The number of carbonyl (C=O) groups is 2. The molecular weight excluding hydrogens is 455 g/mol. The summed E-state index contributed by atoms with van der Waals surface area (Å²) in [5.41, 5.74) is -4.38. The monoisotopic (exact) mass is 473 g/mol. The summed E-state index contributed by atoms with van der Waals surface area (Å²) in [6.07, 6.45) is 1.17. The van der Waals surface area contributed by atoms with Crippen LogP contribution in [0.4, 0.5) is 13.2 Å². The number of alkyl halides is 3. The summed E-state index contributed by atoms with van der Waals surface area (Å²) in [4.78, 5) is 29.1. The molecule has 1 aromatic heterocycles. The molecule has 1 amide bonds. The molecule has 12 heteroatoms. The highest BCUT2D eigenvalue weighted by Crippen LogP contribution is 2.37. The second-order valence-electron chi connectivity index (χ2n) is 6.68. The highest BCUT2D eigenvalue weighted by Gasteiger charge is 2.35. The molecule has 0 unspecified atom stereocenters. The number of halogens is 3. The van der Waals surface area contributed by atoms with E-state index >= 15 is 0 Å². The summed E-state index contributed by atoms with van der Waals surface area (Å²) in [5.74, 6) is -0.822. The third kappa shape index (κ3) is 5.43. The summed E-state index contributed by atoms with van der Waals surface area (Å²) < 4.78 is 65.1. The van der Waals surface area contributed by atoms with E-state index in [0.717, 1.165) is 0 Å². The minimum atomic E-state index is -4.59. The van der Waals surface area contributed by atoms with Crippen LogP contribution in [-0.4, -0.2) is 66.0 Å². The van der Waals surface area contributed by atoms with Crippen molar-refractivity contribution in [3.8, 4) is 0 Å². The van der Waals surface area contributed by atoms with Crippen molar-refractivity contribution in [2.45, 2.75) is 22.4 Å². The Hall–Kier alpha value is -2.44. The molecule has 0 radical (unpaired) electrons. The zero-order chi connectivity index (χ0) is 22.8. The molecule has 1 saturated heterocycles. The first-order valence-electron chi connectivity index (χ1n) is 9.10. The average Bonchev–Trinajstić information content (AvgIpc) is 2.72. The molecule has 3 rings (SSSR count). The van der Waals surface area contributed by atoms with Gasteiger partial charge in [-0.15, -0.1) is 0 Å². The summed E-state index contributed by atoms with van der Waals surface area (Å²) in [7, 11) is -3.83. The first kappa shape index (κ1) is 23.2. The van der Waals surface area contributed by atoms with Crippen LogP contribution in [0.2, 0.25) is 0 Å². The van der Waals surface area contributed by atoms with Gasteiger partial charge < -0.3 is 4.90 Å². The lowest BCUT2D eigenvalue weighted by Crippen LogP contribution is -2.50. The molecule has 0 saturated carbocycles. The number of rotatable bonds is 5. The third-order valence-corrected chi connectivity index (χ3v) is 7.30. The van der Waals surface area contributed by atoms with Gasteiger partial charge in [-0.1, -0.05) is 12.1 Å². The Kier molecular flexibility index (Phi) is 6.72. The Balaban J connectivity index is 1.71. The zero-order valence-electron chi connectivity index (χ0n) is 16.3. The van der Waals surface area contributed by atoms with Crippen LogP contribution >= 0.6 is 11.8 Å². The first-order chi connectivity index (χ1) is 14.5. The van der Waals surface area contributed by atoms with E-state index in [9.17, 15) is 31.2 Å². The van der Waals surface area contributed by atoms with E-state index in [-0.39, 0.29) is 42.4 Å². The van der Waals surface area contributed by atoms with E-state index < -0.39 is 38.2 Å². The number of thioether (sulfide) groups is 1. The summed E-state index contributed by atoms with van der Waals surface area (Å²) >= 11 is -0.464. The largest absolute Gasteiger partial charge is 0.447 e. The number of Topliss-reactive ketones (excluding diaryl/α,β-unsaturated/α-hetero) is 1. The van der Waals surface area contributed by atoms with Crippen LogP contribution in [0.1, 0.15) is 27.6 Å². The maximum atomic E-state index is 12.8. The number of aromatic nitrogens is 1. The molecule has 1 fully saturated rings. The number of benzene rings is 1. The smallest absolute Gasteiger partial charge is 0.336 e. The number of carbonyl (C=O) groups excluding carboxylic acids is 2. The molecule has 0 N–H and O–H groups in total. The van der Waals surface area contributed by atoms with Crippen LogP contribution in [0.3, 0.4) is 0 Å². The van der Waals surface area contributed by atoms with Gasteiger partial charge in [-0.2, -0.15) is 17.5 Å². The maximum Gasteiger partial charge on any atom is 0.447 e. The fourth-order valence-electron chi connectivity index (χ4n) is 3.06. The lowest BCUT2D eigenvalue weighted by Gasteiger charge is -2.34. The minimum Gasteiger partial charge on any atom is -0.336 e. The summed E-state index contributed by atoms with van der Waals surface area (Å²) in [6.45, 7) is 1.40. The lowest BCUT2D eigenvalue weighted by molar-refractivity contribution is -0.0329. The molecule has 31 heavy (non-hydrogen) atoms. The Labute approximate surface area is 181 Å². The zero-order valence-corrected chi connectivity index (χ0v) is 17.9. The maximum absolute atomic E-state index is 12.8. The van der Waals surface area contributed by atoms with Crippen LogP contribution in [-0.2, 0) is 10.0 Å². The van der Waals surface area contributed by atoms with Gasteiger partial charge in [-0.05, 0) is 31.2 Å². The minimum absolute atomic E-state index is 0.00938. The van der Waals surface area contributed by atoms with Crippen molar-refractivity contribution in [1.82, 2.24) is 14.2 Å². The van der Waals surface area contributed by atoms with Crippen molar-refractivity contribution >= 4 is 33.5 Å². The molecule has 1 aliphatic rings. The van der Waals surface area contributed by atoms with Crippen LogP contribution < -0.4 is 0 Å². The number of pyridine rings is 1. The van der Waals surface area contributed by atoms with Gasteiger partial charge in [0.2, 0.25) is 10.0 Å². The third-order valence-electron chi connectivity index (χ3n) is 4.64. The van der Waals surface area contributed by atoms with E-state index in [1.807, 2.05) is 0 Å². The topological polar surface area (TPSA) is 87.7 Å². The van der Waals surface area contributed by atoms with Crippen LogP contribution in [0.15, 0.2) is 52.5 Å². The standard InChI is InChI=1S/C19H18F3N3O4S2/c1-13(26)14-4-6-15(7-5-14)31(28,29)25-11-9-24(10-12-25)18(27)16-3-2-8-23-17(16)30-19(20,21)22/h2-8H,9-12H2,1H3. The predicted octanol–water partition coefficient (Wildman–Crippen LogP) is 3.04. The number of ketones is 1. The van der Waals surface area contributed by atoms with E-state index in [2.05, 4.69) is 4.98 Å². The Bertz CT molecular complexity index is 1080. The SMILES string of the molecule is CC(=O)c1ccc(S(=O)(=O)N2CCN(C(=O)c3cccnc3SC(F)(F)F)CC2)cc1. The fraction of sp³-hybridized carbons (Fsp3) is 0.316. The highest BCUT2D eigenvalue weighted by atomic mass is 32.2. The Morgan fingerprint density at radius 3 is 2.19 bits per heavy atom. The first-order valence-corrected chi connectivity index (χ1v) is 11.4. The van der Waals surface area contributed by atoms with Gasteiger partial charge in [-0.25, -0.2) is 13.4 Å². The highest BCUT2D eigenvalue weighted by molar-refractivity contribution is 8.00. The average molecular weight is 473 g/mol. The van der Waals surface area contributed by atoms with Gasteiger partial charge in [0.05, 0.1) is 10.5 Å². The van der Waals surface area contributed by atoms with Crippen molar-refractivity contribution in [2.24, 2.45) is 0 Å². The summed E-state index contributed by atoms with van der Waals surface area (Å²) in [6, 6.07) is 8.19. The van der Waals surface area contributed by atoms with E-state index in [1.165, 1.54) is 58.7 Å². The quantitative estimate of drug-likeness (QED) is 0.490. The second kappa shape index (κ2) is 8.97. The lowest BCUT2D eigenvalue weighted by atomic mass is 10.2. The van der Waals surface area contributed by atoms with Crippen molar-refractivity contribution in [3.05, 3.63) is 53.7 Å². The van der Waals surface area contributed by atoms with Crippen molar-refractivity contribution < 1.29 is 31.2 Å². The van der Waals surface area contributed by atoms with Crippen LogP contribution in [0.25, 0.3) is 0 Å². The number of nitrogens with zero attached hydrogens (tertiary/aromatic N) is 3. The van der Waals surface area contributed by atoms with Gasteiger partial charge in [0.15, 0.2) is 5.78 Å². The van der Waals surface area contributed by atoms with Crippen molar-refractivity contribution in [2.75, 3.05) is 26.2 Å². The van der Waals surface area contributed by atoms with Gasteiger partial charge in [0.1, 0.15) is 5.03 Å². The fourth-order valence-corrected chi connectivity index (χ4v) is 5.08. The van der Waals surface area contributed by atoms with Crippen molar-refractivity contribution in [1.29, 1.82) is 0 Å². The molecule has 0 spiro atoms. The van der Waals surface area contributed by atoms with Gasteiger partial charge in [0, 0.05) is 49.7 Å². The summed E-state index contributed by atoms with van der Waals surface area (Å²) in [5, 5.41) is -0.444. The molecule has 166 valence electrons. The second-order valence-corrected chi connectivity index (χ2v) is 9.67. The number of hydrogen-bond acceptors (Lipinski definition) is 6. The molecule has 2 aromatic rings. The number of piperazine rings is 1. The number of hydrogen-bond donors (Lipinski definition) is 0. The van der Waals surface area contributed by atoms with Gasteiger partial charge in [-0.3, -0.25) is 9.59 Å². The Morgan fingerprint density at radius 2 is 1.65 bits per heavy atom. The molecule has 0 bridgehead atoms. The molecular formula is C19H18F3N3O4S2. The molecule has 1 aromatic carbocycles. The molecule has 2 heterocycles. The van der Waals surface area contributed by atoms with Crippen molar-refractivity contribution in [3.63, 3.8) is 0 Å². The van der Waals surface area contributed by atoms with E-state index in [4.69, 9.17) is 0 Å². The molecule has 1 aliphatic heterocycles. The Morgan fingerprint density at radius 1 is 1.03 bits per heavy atom. The van der Waals surface area contributed by atoms with Gasteiger partial charge >= 0.3 is 5.51 Å². The number of sulfonamides is 1. The number of amides is 1. The van der Waals surface area contributed by atoms with E-state index in [1.54, 1.807) is 0 Å². The predicted molar refractivity (Wildman–Crippen MR) is 107 cm³/mol. The molecule has 0 atom stereocenters. The molecule has 7 nitrogen and oxygen atoms in total.